The van der Waals surface area contributed by atoms with Crippen LogP contribution in [0.5, 0.6) is 0 Å². The molecule has 2 aliphatic rings. The van der Waals surface area contributed by atoms with E-state index in [1.165, 1.54) is 6.42 Å². The highest BCUT2D eigenvalue weighted by atomic mass is 16.1. The zero-order chi connectivity index (χ0) is 10.7. The number of amides is 1. The molecule has 0 aromatic rings. The summed E-state index contributed by atoms with van der Waals surface area (Å²) in [5.41, 5.74) is 0. The van der Waals surface area contributed by atoms with Crippen LogP contribution in [0.3, 0.4) is 0 Å². The van der Waals surface area contributed by atoms with Crippen LogP contribution in [0.25, 0.3) is 0 Å². The van der Waals surface area contributed by atoms with Gasteiger partial charge in [-0.1, -0.05) is 12.2 Å². The average molecular weight is 203 g/mol. The first-order chi connectivity index (χ1) is 7.31. The smallest absolute Gasteiger partial charge is 0.223 e. The number of fused-ring (bicyclic) bond motifs is 2. The summed E-state index contributed by atoms with van der Waals surface area (Å²) in [4.78, 5) is 11.8. The van der Waals surface area contributed by atoms with Gasteiger partial charge in [-0.15, -0.1) is 11.8 Å². The van der Waals surface area contributed by atoms with Crippen molar-refractivity contribution >= 4 is 5.91 Å². The van der Waals surface area contributed by atoms with E-state index < -0.39 is 0 Å². The Hall–Kier alpha value is -1.23. The van der Waals surface area contributed by atoms with Crippen LogP contribution in [0.15, 0.2) is 12.2 Å². The quantitative estimate of drug-likeness (QED) is 0.422. The van der Waals surface area contributed by atoms with Crippen LogP contribution in [0, 0.1) is 29.6 Å². The van der Waals surface area contributed by atoms with Crippen LogP contribution < -0.4 is 5.32 Å². The number of rotatable bonds is 3. The van der Waals surface area contributed by atoms with Gasteiger partial charge in [0.15, 0.2) is 0 Å². The average Bonchev–Trinajstić information content (AvgIpc) is 2.85. The maximum Gasteiger partial charge on any atom is 0.223 e. The summed E-state index contributed by atoms with van der Waals surface area (Å²) < 4.78 is 0. The number of carbonyl (C=O) groups excluding carboxylic acids is 1. The van der Waals surface area contributed by atoms with Crippen LogP contribution in [0.2, 0.25) is 0 Å². The Kier molecular flexibility index (Phi) is 3.11. The molecule has 0 radical (unpaired) electrons. The van der Waals surface area contributed by atoms with Crippen molar-refractivity contribution in [1.29, 1.82) is 0 Å². The Balaban J connectivity index is 1.76. The molecule has 3 atom stereocenters. The van der Waals surface area contributed by atoms with Gasteiger partial charge in [0.25, 0.3) is 0 Å². The monoisotopic (exact) mass is 203 g/mol. The van der Waals surface area contributed by atoms with Crippen molar-refractivity contribution in [3.05, 3.63) is 12.2 Å². The topological polar surface area (TPSA) is 29.1 Å². The van der Waals surface area contributed by atoms with Crippen molar-refractivity contribution in [3.63, 3.8) is 0 Å². The van der Waals surface area contributed by atoms with E-state index in [4.69, 9.17) is 0 Å². The zero-order valence-corrected chi connectivity index (χ0v) is 9.12. The van der Waals surface area contributed by atoms with E-state index >= 15 is 0 Å². The lowest BCUT2D eigenvalue weighted by molar-refractivity contribution is -0.125. The molecule has 2 rings (SSSR count). The summed E-state index contributed by atoms with van der Waals surface area (Å²) in [5.74, 6) is 7.41. The second kappa shape index (κ2) is 4.53. The second-order valence-corrected chi connectivity index (χ2v) is 4.35. The van der Waals surface area contributed by atoms with Gasteiger partial charge >= 0.3 is 0 Å². The minimum atomic E-state index is 0.227. The van der Waals surface area contributed by atoms with Crippen LogP contribution >= 0.6 is 0 Å². The molecule has 1 saturated carbocycles. The molecule has 1 amide bonds. The highest BCUT2D eigenvalue weighted by molar-refractivity contribution is 5.79. The first-order valence-corrected chi connectivity index (χ1v) is 5.67. The van der Waals surface area contributed by atoms with Crippen molar-refractivity contribution in [1.82, 2.24) is 5.32 Å². The van der Waals surface area contributed by atoms with E-state index in [0.717, 1.165) is 12.8 Å². The zero-order valence-electron chi connectivity index (χ0n) is 9.12. The third-order valence-electron chi connectivity index (χ3n) is 3.34. The van der Waals surface area contributed by atoms with Gasteiger partial charge in [-0.2, -0.15) is 0 Å². The van der Waals surface area contributed by atoms with E-state index in [2.05, 4.69) is 29.3 Å². The van der Waals surface area contributed by atoms with Crippen molar-refractivity contribution in [2.45, 2.75) is 26.2 Å². The summed E-state index contributed by atoms with van der Waals surface area (Å²) in [7, 11) is 0. The van der Waals surface area contributed by atoms with Gasteiger partial charge in [0, 0.05) is 18.9 Å². The van der Waals surface area contributed by atoms with E-state index in [1.807, 2.05) is 6.92 Å². The predicted molar refractivity (Wildman–Crippen MR) is 59.9 cm³/mol. The van der Waals surface area contributed by atoms with Gasteiger partial charge in [0.1, 0.15) is 0 Å². The fourth-order valence-corrected chi connectivity index (χ4v) is 2.59. The number of allylic oxidation sites excluding steroid dienone is 2. The molecule has 80 valence electrons. The third kappa shape index (κ3) is 2.23. The number of hydrogen-bond acceptors (Lipinski definition) is 1. The molecule has 2 nitrogen and oxygen atoms in total. The molecule has 1 fully saturated rings. The van der Waals surface area contributed by atoms with Crippen molar-refractivity contribution in [3.8, 4) is 11.8 Å². The molecule has 0 aliphatic heterocycles. The number of nitrogens with one attached hydrogen (secondary N) is 1. The standard InChI is InChI=1S/C13H17NO/c1-2-3-4-7-14-13(15)12-9-10-5-6-11(12)8-10/h5-6,10-12H,4,7-9H2,1H3,(H,14,15). The Labute approximate surface area is 91.1 Å². The van der Waals surface area contributed by atoms with E-state index in [1.54, 1.807) is 0 Å². The Morgan fingerprint density at radius 3 is 2.93 bits per heavy atom. The Bertz CT molecular complexity index is 334. The maximum absolute atomic E-state index is 11.8. The van der Waals surface area contributed by atoms with Gasteiger partial charge in [-0.05, 0) is 31.6 Å². The van der Waals surface area contributed by atoms with Crippen molar-refractivity contribution in [2.24, 2.45) is 17.8 Å². The molecule has 2 bridgehead atoms. The molecule has 2 aliphatic carbocycles. The van der Waals surface area contributed by atoms with E-state index in [0.29, 0.717) is 18.4 Å². The summed E-state index contributed by atoms with van der Waals surface area (Å²) in [6.45, 7) is 2.51. The molecule has 2 heteroatoms. The fourth-order valence-electron chi connectivity index (χ4n) is 2.59. The first-order valence-electron chi connectivity index (χ1n) is 5.67. The summed E-state index contributed by atoms with van der Waals surface area (Å²) >= 11 is 0. The van der Waals surface area contributed by atoms with Gasteiger partial charge in [-0.3, -0.25) is 4.79 Å². The summed E-state index contributed by atoms with van der Waals surface area (Å²) in [6, 6.07) is 0. The lowest BCUT2D eigenvalue weighted by atomic mass is 9.93. The Morgan fingerprint density at radius 2 is 2.33 bits per heavy atom. The summed E-state index contributed by atoms with van der Waals surface area (Å²) in [5, 5.41) is 2.97. The van der Waals surface area contributed by atoms with Gasteiger partial charge in [0.2, 0.25) is 5.91 Å². The van der Waals surface area contributed by atoms with Crippen LogP contribution in [-0.2, 0) is 4.79 Å². The van der Waals surface area contributed by atoms with Gasteiger partial charge < -0.3 is 5.32 Å². The molecule has 0 spiro atoms. The normalized spacial score (nSPS) is 31.1. The van der Waals surface area contributed by atoms with Crippen LogP contribution in [0.4, 0.5) is 0 Å². The second-order valence-electron chi connectivity index (χ2n) is 4.35. The molecule has 0 heterocycles. The molecule has 15 heavy (non-hydrogen) atoms. The highest BCUT2D eigenvalue weighted by Gasteiger charge is 2.39. The minimum absolute atomic E-state index is 0.227. The molecular formula is C13H17NO. The molecule has 0 saturated heterocycles. The van der Waals surface area contributed by atoms with Crippen LogP contribution in [-0.4, -0.2) is 12.5 Å². The lowest BCUT2D eigenvalue weighted by Crippen LogP contribution is -2.33. The summed E-state index contributed by atoms with van der Waals surface area (Å²) in [6.07, 6.45) is 7.47. The van der Waals surface area contributed by atoms with Gasteiger partial charge in [0.05, 0.1) is 0 Å². The molecule has 0 aromatic heterocycles. The first kappa shape index (κ1) is 10.3. The lowest BCUT2D eigenvalue weighted by Gasteiger charge is -2.16. The maximum atomic E-state index is 11.8. The largest absolute Gasteiger partial charge is 0.355 e. The number of carbonyl (C=O) groups is 1. The SMILES string of the molecule is CC#CCCNC(=O)C1CC2C=CC1C2. The molecular weight excluding hydrogens is 186 g/mol. The van der Waals surface area contributed by atoms with Crippen molar-refractivity contribution in [2.75, 3.05) is 6.54 Å². The Morgan fingerprint density at radius 1 is 1.47 bits per heavy atom. The van der Waals surface area contributed by atoms with Crippen molar-refractivity contribution < 1.29 is 4.79 Å². The highest BCUT2D eigenvalue weighted by Crippen LogP contribution is 2.43. The fraction of sp³-hybridized carbons (Fsp3) is 0.615. The molecule has 1 N–H and O–H groups in total. The van der Waals surface area contributed by atoms with E-state index in [-0.39, 0.29) is 11.8 Å². The minimum Gasteiger partial charge on any atom is -0.355 e. The number of hydrogen-bond donors (Lipinski definition) is 1. The predicted octanol–water partition coefficient (Wildman–Crippen LogP) is 1.73. The molecule has 3 unspecified atom stereocenters. The molecule has 0 aromatic carbocycles. The van der Waals surface area contributed by atoms with Gasteiger partial charge in [-0.25, -0.2) is 0 Å². The van der Waals surface area contributed by atoms with E-state index in [9.17, 15) is 4.79 Å². The third-order valence-corrected chi connectivity index (χ3v) is 3.34. The van der Waals surface area contributed by atoms with Crippen LogP contribution in [0.1, 0.15) is 26.2 Å².